The van der Waals surface area contributed by atoms with E-state index in [1.165, 1.54) is 0 Å². The number of rotatable bonds is 6. The number of nitrogens with one attached hydrogen (secondary N) is 1. The van der Waals surface area contributed by atoms with Crippen molar-refractivity contribution in [2.75, 3.05) is 18.7 Å². The molecule has 2 amide bonds. The first-order valence-corrected chi connectivity index (χ1v) is 9.64. The molecule has 0 bridgehead atoms. The third-order valence-electron chi connectivity index (χ3n) is 4.30. The predicted molar refractivity (Wildman–Crippen MR) is 103 cm³/mol. The summed E-state index contributed by atoms with van der Waals surface area (Å²) in [6, 6.07) is 16.8. The third kappa shape index (κ3) is 4.58. The molecule has 0 aliphatic carbocycles. The summed E-state index contributed by atoms with van der Waals surface area (Å²) in [5.74, 6) is 1.76. The van der Waals surface area contributed by atoms with Crippen LogP contribution in [0.1, 0.15) is 11.1 Å². The Hall–Kier alpha value is -2.47. The molecule has 2 aromatic carbocycles. The van der Waals surface area contributed by atoms with Crippen molar-refractivity contribution in [3.05, 3.63) is 65.7 Å². The molecule has 0 aromatic heterocycles. The zero-order valence-electron chi connectivity index (χ0n) is 14.7. The van der Waals surface area contributed by atoms with Gasteiger partial charge < -0.3 is 15.0 Å². The molecule has 1 aliphatic rings. The van der Waals surface area contributed by atoms with E-state index in [1.54, 1.807) is 23.8 Å². The Morgan fingerprint density at radius 1 is 1.15 bits per heavy atom. The maximum absolute atomic E-state index is 12.7. The minimum absolute atomic E-state index is 0.0388. The summed E-state index contributed by atoms with van der Waals surface area (Å²) in [5.41, 5.74) is 1.93. The van der Waals surface area contributed by atoms with E-state index in [0.717, 1.165) is 16.9 Å². The van der Waals surface area contributed by atoms with Gasteiger partial charge in [0.2, 0.25) is 11.8 Å². The first-order valence-electron chi connectivity index (χ1n) is 8.49. The summed E-state index contributed by atoms with van der Waals surface area (Å²) in [6.07, 6.45) is 0.264. The number of hydrogen-bond donors (Lipinski definition) is 1. The number of ether oxygens (including phenoxy) is 1. The van der Waals surface area contributed by atoms with Crippen molar-refractivity contribution in [1.29, 1.82) is 0 Å². The molecule has 6 heteroatoms. The van der Waals surface area contributed by atoms with E-state index in [1.807, 2.05) is 54.6 Å². The summed E-state index contributed by atoms with van der Waals surface area (Å²) >= 11 is 1.61. The molecule has 1 heterocycles. The largest absolute Gasteiger partial charge is 0.497 e. The molecule has 26 heavy (non-hydrogen) atoms. The summed E-state index contributed by atoms with van der Waals surface area (Å²) in [4.78, 5) is 26.9. The SMILES string of the molecule is COc1cccc(CC(=O)N2CSC[C@H]2C(=O)NCc2ccccc2)c1. The van der Waals surface area contributed by atoms with Gasteiger partial charge in [-0.1, -0.05) is 42.5 Å². The van der Waals surface area contributed by atoms with E-state index >= 15 is 0 Å². The second-order valence-corrected chi connectivity index (χ2v) is 7.11. The standard InChI is InChI=1S/C20H22N2O3S/c1-25-17-9-5-8-16(10-17)11-19(23)22-14-26-13-18(22)20(24)21-12-15-6-3-2-4-7-15/h2-10,18H,11-14H2,1H3,(H,21,24)/t18-/m0/s1. The highest BCUT2D eigenvalue weighted by Gasteiger charge is 2.34. The van der Waals surface area contributed by atoms with E-state index in [2.05, 4.69) is 5.32 Å². The Bertz CT molecular complexity index is 767. The number of carbonyl (C=O) groups excluding carboxylic acids is 2. The van der Waals surface area contributed by atoms with Crippen LogP contribution >= 0.6 is 11.8 Å². The lowest BCUT2D eigenvalue weighted by Crippen LogP contribution is -2.47. The van der Waals surface area contributed by atoms with Crippen molar-refractivity contribution in [2.45, 2.75) is 19.0 Å². The van der Waals surface area contributed by atoms with Gasteiger partial charge in [-0.25, -0.2) is 0 Å². The molecule has 5 nitrogen and oxygen atoms in total. The van der Waals surface area contributed by atoms with Crippen LogP contribution in [0.3, 0.4) is 0 Å². The lowest BCUT2D eigenvalue weighted by Gasteiger charge is -2.23. The van der Waals surface area contributed by atoms with Crippen LogP contribution in [0.4, 0.5) is 0 Å². The molecule has 1 saturated heterocycles. The van der Waals surface area contributed by atoms with Crippen LogP contribution in [-0.2, 0) is 22.6 Å². The Kier molecular flexibility index (Phi) is 6.17. The van der Waals surface area contributed by atoms with Crippen molar-refractivity contribution < 1.29 is 14.3 Å². The van der Waals surface area contributed by atoms with Gasteiger partial charge in [0.1, 0.15) is 11.8 Å². The van der Waals surface area contributed by atoms with Gasteiger partial charge in [0, 0.05) is 12.3 Å². The number of benzene rings is 2. The summed E-state index contributed by atoms with van der Waals surface area (Å²) < 4.78 is 5.20. The van der Waals surface area contributed by atoms with Crippen LogP contribution in [0, 0.1) is 0 Å². The van der Waals surface area contributed by atoms with Gasteiger partial charge in [-0.2, -0.15) is 0 Å². The van der Waals surface area contributed by atoms with Crippen LogP contribution < -0.4 is 10.1 Å². The van der Waals surface area contributed by atoms with E-state index in [-0.39, 0.29) is 18.2 Å². The van der Waals surface area contributed by atoms with Crippen molar-refractivity contribution in [3.63, 3.8) is 0 Å². The third-order valence-corrected chi connectivity index (χ3v) is 5.32. The Morgan fingerprint density at radius 2 is 1.92 bits per heavy atom. The first-order chi connectivity index (χ1) is 12.7. The van der Waals surface area contributed by atoms with Gasteiger partial charge in [-0.15, -0.1) is 11.8 Å². The average molecular weight is 370 g/mol. The molecular weight excluding hydrogens is 348 g/mol. The molecule has 136 valence electrons. The quantitative estimate of drug-likeness (QED) is 0.849. The Balaban J connectivity index is 1.59. The monoisotopic (exact) mass is 370 g/mol. The molecule has 1 aliphatic heterocycles. The number of methoxy groups -OCH3 is 1. The van der Waals surface area contributed by atoms with Gasteiger partial charge in [-0.05, 0) is 23.3 Å². The number of nitrogens with zero attached hydrogens (tertiary/aromatic N) is 1. The molecule has 1 atom stereocenters. The molecule has 0 radical (unpaired) electrons. The van der Waals surface area contributed by atoms with Crippen molar-refractivity contribution in [1.82, 2.24) is 10.2 Å². The fourth-order valence-corrected chi connectivity index (χ4v) is 4.05. The highest BCUT2D eigenvalue weighted by atomic mass is 32.2. The smallest absolute Gasteiger partial charge is 0.243 e. The van der Waals surface area contributed by atoms with Gasteiger partial charge in [-0.3, -0.25) is 9.59 Å². The molecular formula is C20H22N2O3S. The normalized spacial score (nSPS) is 16.3. The maximum atomic E-state index is 12.7. The number of amides is 2. The number of thioether (sulfide) groups is 1. The van der Waals surface area contributed by atoms with Crippen molar-refractivity contribution >= 4 is 23.6 Å². The van der Waals surface area contributed by atoms with Gasteiger partial charge in [0.05, 0.1) is 19.4 Å². The fourth-order valence-electron chi connectivity index (χ4n) is 2.87. The minimum atomic E-state index is -0.415. The highest BCUT2D eigenvalue weighted by molar-refractivity contribution is 7.99. The second kappa shape index (κ2) is 8.76. The van der Waals surface area contributed by atoms with Crippen molar-refractivity contribution in [3.8, 4) is 5.75 Å². The van der Waals surface area contributed by atoms with Crippen LogP contribution in [-0.4, -0.2) is 41.5 Å². The summed E-state index contributed by atoms with van der Waals surface area (Å²) in [6.45, 7) is 0.471. The van der Waals surface area contributed by atoms with E-state index in [4.69, 9.17) is 4.74 Å². The molecule has 0 spiro atoms. The second-order valence-electron chi connectivity index (χ2n) is 6.11. The number of carbonyl (C=O) groups is 2. The first kappa shape index (κ1) is 18.3. The van der Waals surface area contributed by atoms with Gasteiger partial charge >= 0.3 is 0 Å². The van der Waals surface area contributed by atoms with Crippen molar-refractivity contribution in [2.24, 2.45) is 0 Å². The topological polar surface area (TPSA) is 58.6 Å². The van der Waals surface area contributed by atoms with E-state index in [9.17, 15) is 9.59 Å². The van der Waals surface area contributed by atoms with E-state index in [0.29, 0.717) is 18.2 Å². The van der Waals surface area contributed by atoms with E-state index < -0.39 is 6.04 Å². The Labute approximate surface area is 157 Å². The molecule has 2 aromatic rings. The molecule has 0 unspecified atom stereocenters. The lowest BCUT2D eigenvalue weighted by atomic mass is 10.1. The minimum Gasteiger partial charge on any atom is -0.497 e. The summed E-state index contributed by atoms with van der Waals surface area (Å²) in [7, 11) is 1.60. The molecule has 1 fully saturated rings. The predicted octanol–water partition coefficient (Wildman–Crippen LogP) is 2.46. The van der Waals surface area contributed by atoms with Crippen LogP contribution in [0.2, 0.25) is 0 Å². The number of hydrogen-bond acceptors (Lipinski definition) is 4. The van der Waals surface area contributed by atoms with Crippen LogP contribution in [0.25, 0.3) is 0 Å². The molecule has 3 rings (SSSR count). The van der Waals surface area contributed by atoms with Gasteiger partial charge in [0.15, 0.2) is 0 Å². The summed E-state index contributed by atoms with van der Waals surface area (Å²) in [5, 5.41) is 2.94. The zero-order chi connectivity index (χ0) is 18.4. The Morgan fingerprint density at radius 3 is 2.69 bits per heavy atom. The van der Waals surface area contributed by atoms with Crippen LogP contribution in [0.5, 0.6) is 5.75 Å². The zero-order valence-corrected chi connectivity index (χ0v) is 15.5. The highest BCUT2D eigenvalue weighted by Crippen LogP contribution is 2.23. The lowest BCUT2D eigenvalue weighted by molar-refractivity contribution is -0.137. The fraction of sp³-hybridized carbons (Fsp3) is 0.300. The van der Waals surface area contributed by atoms with Gasteiger partial charge in [0.25, 0.3) is 0 Å². The average Bonchev–Trinajstić information content (AvgIpc) is 3.17. The molecule has 0 saturated carbocycles. The molecule has 1 N–H and O–H groups in total. The maximum Gasteiger partial charge on any atom is 0.243 e. The van der Waals surface area contributed by atoms with Crippen LogP contribution in [0.15, 0.2) is 54.6 Å².